The molecule has 1 spiro atoms. The minimum atomic E-state index is -3.22. The number of anilines is 4. The second-order valence-corrected chi connectivity index (χ2v) is 18.6. The van der Waals surface area contributed by atoms with Gasteiger partial charge in [-0.05, 0) is 80.5 Å². The molecular weight excluding hydrogens is 891 g/mol. The molecule has 5 aromatic rings. The first-order valence-corrected chi connectivity index (χ1v) is 22.8. The second kappa shape index (κ2) is 16.8. The number of hydrogen-bond donors (Lipinski definition) is 3. The van der Waals surface area contributed by atoms with Gasteiger partial charge < -0.3 is 25.2 Å². The number of carbonyl (C=O) groups excluding carboxylic acids is 4. The van der Waals surface area contributed by atoms with E-state index in [0.29, 0.717) is 46.8 Å². The van der Waals surface area contributed by atoms with Gasteiger partial charge in [0.1, 0.15) is 11.5 Å². The van der Waals surface area contributed by atoms with Crippen LogP contribution in [0.15, 0.2) is 54.9 Å². The molecule has 4 aliphatic heterocycles. The number of likely N-dealkylation sites (tertiary alicyclic amines) is 2. The van der Waals surface area contributed by atoms with Crippen LogP contribution in [0.1, 0.15) is 76.2 Å². The fourth-order valence-electron chi connectivity index (χ4n) is 10.2. The van der Waals surface area contributed by atoms with Crippen molar-refractivity contribution in [3.05, 3.63) is 93.6 Å². The number of amides is 5. The van der Waals surface area contributed by atoms with Gasteiger partial charge in [-0.25, -0.2) is 27.5 Å². The number of halogens is 4. The van der Waals surface area contributed by atoms with E-state index in [1.54, 1.807) is 27.3 Å². The molecule has 0 unspecified atom stereocenters. The number of ether oxygens (including phenoxy) is 1. The maximum atomic E-state index is 16.3. The highest BCUT2D eigenvalue weighted by Gasteiger charge is 2.63. The topological polar surface area (TPSA) is 170 Å². The number of pyridine rings is 1. The Morgan fingerprint density at radius 2 is 1.78 bits per heavy atom. The van der Waals surface area contributed by atoms with Gasteiger partial charge >= 0.3 is 6.03 Å². The number of carbonyl (C=O) groups is 4. The molecule has 0 radical (unpaired) electrons. The van der Waals surface area contributed by atoms with Gasteiger partial charge in [-0.1, -0.05) is 23.7 Å². The van der Waals surface area contributed by atoms with Crippen molar-refractivity contribution in [1.29, 1.82) is 0 Å². The van der Waals surface area contributed by atoms with E-state index in [1.807, 2.05) is 41.0 Å². The van der Waals surface area contributed by atoms with E-state index in [-0.39, 0.29) is 84.7 Å². The van der Waals surface area contributed by atoms with Gasteiger partial charge in [0.25, 0.3) is 17.7 Å². The van der Waals surface area contributed by atoms with Crippen LogP contribution in [-0.2, 0) is 16.0 Å². The molecule has 1 aliphatic carbocycles. The number of imide groups is 1. The standard InChI is InChI=1S/C47H49ClF3N11O5/c1-25-16-27(18-35(40(25)48)61-14-11-39(63)56-45(61)66)44(65)58-15-12-46(47(50,51)24-58)22-59(23-46)26(2)28-17-31(49)41(53-20-28)30-6-5-7-34-29(30)10-13-60(34)38-19-33(52-3)42-54-21-36(62(42)57-38)43(64)55-32-8-9-37(32)67-4/h5-7,16-21,26,32,37,52H,8-15,22-24H2,1-4H3,(H,55,64)(H,56,63,66)/t26-,32-,37-/m1/s1. The number of aryl methyl sites for hydroxylation is 1. The lowest BCUT2D eigenvalue weighted by Crippen LogP contribution is -2.70. The second-order valence-electron chi connectivity index (χ2n) is 18.2. The Bertz CT molecular complexity index is 2870. The predicted octanol–water partition coefficient (Wildman–Crippen LogP) is 6.53. The van der Waals surface area contributed by atoms with E-state index in [2.05, 4.69) is 25.9 Å². The minimum absolute atomic E-state index is 0.0347. The average molecular weight is 940 g/mol. The predicted molar refractivity (Wildman–Crippen MR) is 244 cm³/mol. The minimum Gasteiger partial charge on any atom is -0.385 e. The number of urea groups is 1. The van der Waals surface area contributed by atoms with Crippen LogP contribution in [0.2, 0.25) is 5.02 Å². The number of benzene rings is 2. The third kappa shape index (κ3) is 7.51. The van der Waals surface area contributed by atoms with E-state index in [0.717, 1.165) is 29.0 Å². The first-order valence-electron chi connectivity index (χ1n) is 22.4. The summed E-state index contributed by atoms with van der Waals surface area (Å²) in [6, 6.07) is 10.7. The molecule has 3 N–H and O–H groups in total. The SMILES string of the molecule is CNc1cc(N2CCc3c(-c4ncc([C@@H](C)N5CC6(CCN(C(=O)c7cc(C)c(Cl)c(N8CCC(=O)NC8=O)c7)CC6(F)F)C5)cc4F)cccc32)nn2c(C(=O)N[C@@H]3CC[C@H]3OC)cnc12. The van der Waals surface area contributed by atoms with Crippen molar-refractivity contribution in [2.24, 2.45) is 5.41 Å². The summed E-state index contributed by atoms with van der Waals surface area (Å²) >= 11 is 6.52. The van der Waals surface area contributed by atoms with Crippen LogP contribution in [0.3, 0.4) is 0 Å². The van der Waals surface area contributed by atoms with Crippen LogP contribution >= 0.6 is 11.6 Å². The quantitative estimate of drug-likeness (QED) is 0.139. The van der Waals surface area contributed by atoms with E-state index >= 15 is 13.2 Å². The highest BCUT2D eigenvalue weighted by Crippen LogP contribution is 2.52. The Morgan fingerprint density at radius 3 is 2.48 bits per heavy atom. The fraction of sp³-hybridized carbons (Fsp3) is 0.426. The van der Waals surface area contributed by atoms with Crippen LogP contribution < -0.4 is 25.8 Å². The molecule has 4 fully saturated rings. The number of nitrogens with zero attached hydrogens (tertiary/aromatic N) is 8. The number of imidazole rings is 1. The van der Waals surface area contributed by atoms with E-state index < -0.39 is 47.6 Å². The molecule has 350 valence electrons. The number of fused-ring (bicyclic) bond motifs is 2. The van der Waals surface area contributed by atoms with Crippen molar-refractivity contribution in [1.82, 2.24) is 40.0 Å². The monoisotopic (exact) mass is 939 g/mol. The fourth-order valence-corrected chi connectivity index (χ4v) is 10.4. The number of hydrogen-bond acceptors (Lipinski definition) is 11. The van der Waals surface area contributed by atoms with Gasteiger partial charge in [-0.2, -0.15) is 0 Å². The highest BCUT2D eigenvalue weighted by molar-refractivity contribution is 6.35. The van der Waals surface area contributed by atoms with Gasteiger partial charge in [0, 0.05) is 88.4 Å². The van der Waals surface area contributed by atoms with Crippen molar-refractivity contribution in [2.75, 3.05) is 68.5 Å². The average Bonchev–Trinajstić information content (AvgIpc) is 3.92. The number of methoxy groups -OCH3 is 1. The zero-order chi connectivity index (χ0) is 47.1. The lowest BCUT2D eigenvalue weighted by Gasteiger charge is -2.59. The van der Waals surface area contributed by atoms with Gasteiger partial charge in [-0.3, -0.25) is 34.5 Å². The summed E-state index contributed by atoms with van der Waals surface area (Å²) in [5, 5.41) is 13.5. The summed E-state index contributed by atoms with van der Waals surface area (Å²) in [7, 11) is 3.41. The molecule has 7 heterocycles. The third-order valence-corrected chi connectivity index (χ3v) is 14.9. The van der Waals surface area contributed by atoms with Crippen molar-refractivity contribution in [3.8, 4) is 11.3 Å². The van der Waals surface area contributed by atoms with Crippen molar-refractivity contribution < 1.29 is 37.1 Å². The maximum Gasteiger partial charge on any atom is 0.328 e. The number of alkyl halides is 2. The Hall–Kier alpha value is -6.31. The summed E-state index contributed by atoms with van der Waals surface area (Å²) in [6.07, 6.45) is 5.46. The Balaban J connectivity index is 0.820. The summed E-state index contributed by atoms with van der Waals surface area (Å²) in [4.78, 5) is 66.9. The zero-order valence-electron chi connectivity index (χ0n) is 37.3. The molecule has 67 heavy (non-hydrogen) atoms. The zero-order valence-corrected chi connectivity index (χ0v) is 38.1. The molecular formula is C47H49ClF3N11O5. The first kappa shape index (κ1) is 44.5. The number of piperidine rings is 1. The lowest BCUT2D eigenvalue weighted by molar-refractivity contribution is -0.225. The van der Waals surface area contributed by atoms with Gasteiger partial charge in [-0.15, -0.1) is 5.10 Å². The molecule has 20 heteroatoms. The van der Waals surface area contributed by atoms with Crippen LogP contribution in [0, 0.1) is 18.2 Å². The van der Waals surface area contributed by atoms with Crippen LogP contribution in [0.5, 0.6) is 0 Å². The molecule has 0 bridgehead atoms. The lowest BCUT2D eigenvalue weighted by atomic mass is 9.68. The van der Waals surface area contributed by atoms with Crippen molar-refractivity contribution >= 4 is 63.9 Å². The van der Waals surface area contributed by atoms with E-state index in [9.17, 15) is 19.2 Å². The van der Waals surface area contributed by atoms with Crippen LogP contribution in [0.25, 0.3) is 16.9 Å². The summed E-state index contributed by atoms with van der Waals surface area (Å²) in [5.41, 5.74) is 3.97. The summed E-state index contributed by atoms with van der Waals surface area (Å²) in [6.45, 7) is 3.52. The largest absolute Gasteiger partial charge is 0.385 e. The summed E-state index contributed by atoms with van der Waals surface area (Å²) in [5.74, 6) is -4.52. The van der Waals surface area contributed by atoms with E-state index in [4.69, 9.17) is 21.4 Å². The number of aromatic nitrogens is 4. The molecule has 3 atom stereocenters. The molecule has 2 aromatic carbocycles. The Labute approximate surface area is 388 Å². The van der Waals surface area contributed by atoms with E-state index in [1.165, 1.54) is 33.8 Å². The molecule has 5 amide bonds. The molecule has 3 aromatic heterocycles. The first-order chi connectivity index (χ1) is 32.1. The normalized spacial score (nSPS) is 21.5. The van der Waals surface area contributed by atoms with Crippen LogP contribution in [0.4, 0.5) is 40.8 Å². The summed E-state index contributed by atoms with van der Waals surface area (Å²) < 4.78 is 55.7. The molecule has 3 saturated heterocycles. The van der Waals surface area contributed by atoms with Gasteiger partial charge in [0.15, 0.2) is 17.2 Å². The third-order valence-electron chi connectivity index (χ3n) is 14.4. The Morgan fingerprint density at radius 1 is 0.985 bits per heavy atom. The Kier molecular flexibility index (Phi) is 11.2. The molecule has 10 rings (SSSR count). The highest BCUT2D eigenvalue weighted by atomic mass is 35.5. The van der Waals surface area contributed by atoms with Gasteiger partial charge in [0.05, 0.1) is 46.7 Å². The number of rotatable bonds is 10. The molecule has 1 saturated carbocycles. The van der Waals surface area contributed by atoms with Crippen molar-refractivity contribution in [3.63, 3.8) is 0 Å². The van der Waals surface area contributed by atoms with Gasteiger partial charge in [0.2, 0.25) is 5.91 Å². The van der Waals surface area contributed by atoms with Crippen LogP contribution in [-0.4, -0.2) is 125 Å². The smallest absolute Gasteiger partial charge is 0.328 e. The molecule has 5 aliphatic rings. The number of nitrogens with one attached hydrogen (secondary N) is 3. The maximum absolute atomic E-state index is 16.3. The molecule has 16 nitrogen and oxygen atoms in total. The van der Waals surface area contributed by atoms with Crippen molar-refractivity contribution in [2.45, 2.75) is 70.1 Å².